The third-order valence-electron chi connectivity index (χ3n) is 7.47. The van der Waals surface area contributed by atoms with Crippen molar-refractivity contribution < 1.29 is 14.3 Å². The predicted molar refractivity (Wildman–Crippen MR) is 133 cm³/mol. The number of hydrogen-bond donors (Lipinski definition) is 1. The Bertz CT molecular complexity index is 1340. The van der Waals surface area contributed by atoms with E-state index in [4.69, 9.17) is 9.47 Å². The minimum Gasteiger partial charge on any atom is -0.481 e. The molecule has 8 nitrogen and oxygen atoms in total. The van der Waals surface area contributed by atoms with Gasteiger partial charge in [0.05, 0.1) is 24.7 Å². The van der Waals surface area contributed by atoms with Crippen molar-refractivity contribution in [2.75, 3.05) is 26.7 Å². The number of nitrogens with zero attached hydrogens (tertiary/aromatic N) is 4. The third kappa shape index (κ3) is 3.97. The maximum atomic E-state index is 12.9. The first-order valence-corrected chi connectivity index (χ1v) is 12.2. The number of cyclic esters (lactones) is 1. The number of piperidine rings is 1. The van der Waals surface area contributed by atoms with E-state index >= 15 is 0 Å². The van der Waals surface area contributed by atoms with Crippen molar-refractivity contribution in [3.63, 3.8) is 0 Å². The van der Waals surface area contributed by atoms with Crippen LogP contribution in [0.5, 0.6) is 5.88 Å². The number of aromatic nitrogens is 3. The molecule has 3 aromatic heterocycles. The highest BCUT2D eigenvalue weighted by Gasteiger charge is 2.39. The van der Waals surface area contributed by atoms with Gasteiger partial charge in [-0.2, -0.15) is 0 Å². The van der Waals surface area contributed by atoms with E-state index in [2.05, 4.69) is 57.1 Å². The van der Waals surface area contributed by atoms with Crippen LogP contribution in [0.4, 0.5) is 4.79 Å². The van der Waals surface area contributed by atoms with E-state index in [-0.39, 0.29) is 18.2 Å². The van der Waals surface area contributed by atoms with E-state index in [9.17, 15) is 4.79 Å². The van der Waals surface area contributed by atoms with Crippen molar-refractivity contribution in [2.45, 2.75) is 38.0 Å². The molecule has 0 spiro atoms. The van der Waals surface area contributed by atoms with Crippen LogP contribution in [0.15, 0.2) is 54.7 Å². The molecule has 2 atom stereocenters. The van der Waals surface area contributed by atoms with Gasteiger partial charge in [0.15, 0.2) is 0 Å². The zero-order chi connectivity index (χ0) is 23.9. The zero-order valence-electron chi connectivity index (χ0n) is 20.0. The van der Waals surface area contributed by atoms with Crippen LogP contribution in [0.2, 0.25) is 0 Å². The topological polar surface area (TPSA) is 83.6 Å². The molecular formula is C27H29N5O3. The monoisotopic (exact) mass is 471 g/mol. The van der Waals surface area contributed by atoms with Gasteiger partial charge in [-0.25, -0.2) is 9.78 Å². The number of pyridine rings is 2. The average Bonchev–Trinajstić information content (AvgIpc) is 3.51. The van der Waals surface area contributed by atoms with E-state index < -0.39 is 0 Å². The molecule has 2 unspecified atom stereocenters. The molecule has 6 rings (SSSR count). The standard InChI is InChI=1S/C27H29N5O3/c1-17(23-15-18-5-3-4-6-21(18)29-23)31-13-10-19(11-14-31)32-16-24(35-27(32)33)20-9-12-28-22-7-8-25(34-2)30-26(20)22/h3-9,12,15,17,19,24,29H,10-11,13-14,16H2,1-2H3. The summed E-state index contributed by atoms with van der Waals surface area (Å²) in [5.74, 6) is 0.518. The van der Waals surface area contributed by atoms with E-state index in [1.165, 1.54) is 16.6 Å². The van der Waals surface area contributed by atoms with Crippen molar-refractivity contribution in [3.8, 4) is 5.88 Å². The number of para-hydroxylation sites is 1. The highest BCUT2D eigenvalue weighted by Crippen LogP contribution is 2.35. The molecule has 5 heterocycles. The van der Waals surface area contributed by atoms with Gasteiger partial charge in [0.2, 0.25) is 5.88 Å². The molecule has 2 aliphatic rings. The number of carbonyl (C=O) groups is 1. The van der Waals surface area contributed by atoms with E-state index in [0.29, 0.717) is 24.0 Å². The number of H-pyrrole nitrogens is 1. The van der Waals surface area contributed by atoms with Crippen LogP contribution >= 0.6 is 0 Å². The molecule has 35 heavy (non-hydrogen) atoms. The third-order valence-corrected chi connectivity index (χ3v) is 7.47. The van der Waals surface area contributed by atoms with Crippen molar-refractivity contribution in [1.29, 1.82) is 0 Å². The number of carbonyl (C=O) groups excluding carboxylic acids is 1. The highest BCUT2D eigenvalue weighted by molar-refractivity contribution is 5.81. The molecule has 8 heteroatoms. The number of likely N-dealkylation sites (tertiary alicyclic amines) is 1. The zero-order valence-corrected chi connectivity index (χ0v) is 20.0. The number of methoxy groups -OCH3 is 1. The number of nitrogens with one attached hydrogen (secondary N) is 1. The molecule has 180 valence electrons. The number of aromatic amines is 1. The second kappa shape index (κ2) is 8.85. The van der Waals surface area contributed by atoms with Gasteiger partial charge >= 0.3 is 6.09 Å². The summed E-state index contributed by atoms with van der Waals surface area (Å²) in [7, 11) is 1.59. The summed E-state index contributed by atoms with van der Waals surface area (Å²) < 4.78 is 11.1. The Morgan fingerprint density at radius 3 is 2.77 bits per heavy atom. The fourth-order valence-electron chi connectivity index (χ4n) is 5.44. The van der Waals surface area contributed by atoms with Crippen LogP contribution in [0.3, 0.4) is 0 Å². The van der Waals surface area contributed by atoms with Gasteiger partial charge in [0.25, 0.3) is 0 Å². The number of amides is 1. The summed E-state index contributed by atoms with van der Waals surface area (Å²) in [4.78, 5) is 29.8. The Balaban J connectivity index is 1.14. The lowest BCUT2D eigenvalue weighted by atomic mass is 10.0. The number of benzene rings is 1. The van der Waals surface area contributed by atoms with Crippen LogP contribution in [0.1, 0.15) is 43.2 Å². The smallest absolute Gasteiger partial charge is 0.410 e. The fourth-order valence-corrected chi connectivity index (χ4v) is 5.44. The largest absolute Gasteiger partial charge is 0.481 e. The summed E-state index contributed by atoms with van der Waals surface area (Å²) in [5.41, 5.74) is 4.75. The maximum absolute atomic E-state index is 12.9. The Hall–Kier alpha value is -3.65. The van der Waals surface area contributed by atoms with E-state index in [0.717, 1.165) is 37.0 Å². The number of rotatable bonds is 5. The van der Waals surface area contributed by atoms with Crippen LogP contribution in [-0.2, 0) is 4.74 Å². The van der Waals surface area contributed by atoms with Gasteiger partial charge in [-0.15, -0.1) is 0 Å². The molecule has 1 amide bonds. The van der Waals surface area contributed by atoms with Crippen molar-refractivity contribution in [2.24, 2.45) is 0 Å². The molecule has 0 radical (unpaired) electrons. The normalized spacial score (nSPS) is 20.5. The number of fused-ring (bicyclic) bond motifs is 2. The quantitative estimate of drug-likeness (QED) is 0.449. The van der Waals surface area contributed by atoms with Gasteiger partial charge in [-0.3, -0.25) is 9.88 Å². The minimum atomic E-state index is -0.365. The van der Waals surface area contributed by atoms with Crippen LogP contribution in [0, 0.1) is 0 Å². The molecule has 0 saturated carbocycles. The minimum absolute atomic E-state index is 0.175. The molecule has 4 aromatic rings. The van der Waals surface area contributed by atoms with Gasteiger partial charge in [0, 0.05) is 54.2 Å². The lowest BCUT2D eigenvalue weighted by molar-refractivity contribution is 0.0985. The molecule has 0 aliphatic carbocycles. The van der Waals surface area contributed by atoms with E-state index in [1.807, 2.05) is 17.0 Å². The molecule has 2 fully saturated rings. The summed E-state index contributed by atoms with van der Waals surface area (Å²) in [6.45, 7) is 4.65. The van der Waals surface area contributed by atoms with Crippen LogP contribution in [0.25, 0.3) is 21.9 Å². The molecule has 2 aliphatic heterocycles. The summed E-state index contributed by atoms with van der Waals surface area (Å²) in [6.07, 6.45) is 2.98. The molecule has 0 bridgehead atoms. The van der Waals surface area contributed by atoms with Gasteiger partial charge in [-0.1, -0.05) is 18.2 Å². The Kier molecular flexibility index (Phi) is 5.53. The summed E-state index contributed by atoms with van der Waals surface area (Å²) in [6, 6.07) is 16.7. The van der Waals surface area contributed by atoms with Crippen LogP contribution in [-0.4, -0.2) is 63.6 Å². The fraction of sp³-hybridized carbons (Fsp3) is 0.370. The van der Waals surface area contributed by atoms with Crippen molar-refractivity contribution in [3.05, 3.63) is 66.0 Å². The average molecular weight is 472 g/mol. The second-order valence-electron chi connectivity index (χ2n) is 9.40. The van der Waals surface area contributed by atoms with Gasteiger partial charge < -0.3 is 19.4 Å². The van der Waals surface area contributed by atoms with Crippen molar-refractivity contribution in [1.82, 2.24) is 24.8 Å². The van der Waals surface area contributed by atoms with Gasteiger partial charge in [-0.05, 0) is 49.4 Å². The summed E-state index contributed by atoms with van der Waals surface area (Å²) in [5, 5.41) is 1.24. The van der Waals surface area contributed by atoms with E-state index in [1.54, 1.807) is 19.4 Å². The first-order chi connectivity index (χ1) is 17.1. The number of ether oxygens (including phenoxy) is 2. The number of hydrogen-bond acceptors (Lipinski definition) is 6. The first kappa shape index (κ1) is 21.9. The highest BCUT2D eigenvalue weighted by atomic mass is 16.6. The first-order valence-electron chi connectivity index (χ1n) is 12.2. The SMILES string of the molecule is COc1ccc2nccc(C3CN(C4CCN(C(C)c5cc6ccccc6[nH]5)CC4)C(=O)O3)c2n1. The Morgan fingerprint density at radius 2 is 1.97 bits per heavy atom. The lowest BCUT2D eigenvalue weighted by Gasteiger charge is -2.38. The van der Waals surface area contributed by atoms with Crippen LogP contribution < -0.4 is 4.74 Å². The molecule has 1 aromatic carbocycles. The van der Waals surface area contributed by atoms with Crippen molar-refractivity contribution >= 4 is 28.0 Å². The summed E-state index contributed by atoms with van der Waals surface area (Å²) >= 11 is 0. The Labute approximate surface area is 203 Å². The predicted octanol–water partition coefficient (Wildman–Crippen LogP) is 4.84. The van der Waals surface area contributed by atoms with Gasteiger partial charge in [0.1, 0.15) is 6.10 Å². The second-order valence-corrected chi connectivity index (χ2v) is 9.40. The molecule has 2 saturated heterocycles. The maximum Gasteiger partial charge on any atom is 0.410 e. The lowest BCUT2D eigenvalue weighted by Crippen LogP contribution is -2.46. The molecule has 1 N–H and O–H groups in total. The molecular weight excluding hydrogens is 442 g/mol. The Morgan fingerprint density at radius 1 is 1.14 bits per heavy atom.